The molecule has 0 atom stereocenters. The highest BCUT2D eigenvalue weighted by molar-refractivity contribution is 7.89. The van der Waals surface area contributed by atoms with Gasteiger partial charge in [0, 0.05) is 6.54 Å². The number of carbonyl (C=O) groups excluding carboxylic acids is 1. The monoisotopic (exact) mass is 371 g/mol. The lowest BCUT2D eigenvalue weighted by Gasteiger charge is -2.08. The molecule has 2 rings (SSSR count). The van der Waals surface area contributed by atoms with Crippen molar-refractivity contribution in [1.29, 1.82) is 0 Å². The molecule has 0 fully saturated rings. The van der Waals surface area contributed by atoms with Crippen LogP contribution in [0.3, 0.4) is 0 Å². The first-order chi connectivity index (χ1) is 11.4. The number of ether oxygens (including phenoxy) is 1. The first-order valence-electron chi connectivity index (χ1n) is 7.03. The summed E-state index contributed by atoms with van der Waals surface area (Å²) in [6.07, 6.45) is -0.124. The Morgan fingerprint density at radius 3 is 2.54 bits per heavy atom. The van der Waals surface area contributed by atoms with Crippen molar-refractivity contribution >= 4 is 27.6 Å². The zero-order valence-electron chi connectivity index (χ0n) is 12.5. The van der Waals surface area contributed by atoms with E-state index < -0.39 is 21.8 Å². The van der Waals surface area contributed by atoms with Gasteiger partial charge in [-0.25, -0.2) is 17.5 Å². The second-order valence-corrected chi connectivity index (χ2v) is 7.04. The SMILES string of the molecule is O=C(CCNS(=O)(=O)c1ccc(F)c(Cl)c1)OCc1ccccc1. The van der Waals surface area contributed by atoms with Crippen molar-refractivity contribution in [3.63, 3.8) is 0 Å². The summed E-state index contributed by atoms with van der Waals surface area (Å²) in [4.78, 5) is 11.4. The molecule has 0 bridgehead atoms. The van der Waals surface area contributed by atoms with Crippen molar-refractivity contribution < 1.29 is 22.3 Å². The molecule has 0 aliphatic rings. The molecule has 2 aromatic rings. The quantitative estimate of drug-likeness (QED) is 0.759. The Kier molecular flexibility index (Phi) is 6.30. The van der Waals surface area contributed by atoms with E-state index in [1.54, 1.807) is 0 Å². The van der Waals surface area contributed by atoms with Crippen molar-refractivity contribution in [2.24, 2.45) is 0 Å². The van der Waals surface area contributed by atoms with Crippen molar-refractivity contribution in [3.05, 3.63) is 64.9 Å². The Balaban J connectivity index is 1.82. The second-order valence-electron chi connectivity index (χ2n) is 4.87. The maximum absolute atomic E-state index is 13.1. The first-order valence-corrected chi connectivity index (χ1v) is 8.89. The fourth-order valence-corrected chi connectivity index (χ4v) is 3.13. The summed E-state index contributed by atoms with van der Waals surface area (Å²) >= 11 is 5.56. The van der Waals surface area contributed by atoms with Gasteiger partial charge in [0.15, 0.2) is 0 Å². The van der Waals surface area contributed by atoms with Gasteiger partial charge in [-0.15, -0.1) is 0 Å². The van der Waals surface area contributed by atoms with Crippen molar-refractivity contribution in [1.82, 2.24) is 4.72 Å². The van der Waals surface area contributed by atoms with Crippen molar-refractivity contribution in [2.45, 2.75) is 17.9 Å². The van der Waals surface area contributed by atoms with Crippen LogP contribution in [0, 0.1) is 5.82 Å². The summed E-state index contributed by atoms with van der Waals surface area (Å²) in [7, 11) is -3.87. The molecule has 0 spiro atoms. The number of nitrogens with one attached hydrogen (secondary N) is 1. The molecule has 0 saturated carbocycles. The van der Waals surface area contributed by atoms with Gasteiger partial charge in [0.2, 0.25) is 10.0 Å². The summed E-state index contributed by atoms with van der Waals surface area (Å²) in [5.41, 5.74) is 0.840. The van der Waals surface area contributed by atoms with E-state index in [1.807, 2.05) is 30.3 Å². The van der Waals surface area contributed by atoms with Crippen LogP contribution in [0.5, 0.6) is 0 Å². The zero-order chi connectivity index (χ0) is 17.6. The minimum Gasteiger partial charge on any atom is -0.461 e. The first kappa shape index (κ1) is 18.4. The average molecular weight is 372 g/mol. The summed E-state index contributed by atoms with van der Waals surface area (Å²) in [6, 6.07) is 12.2. The van der Waals surface area contributed by atoms with E-state index >= 15 is 0 Å². The minimum absolute atomic E-state index is 0.124. The Morgan fingerprint density at radius 2 is 1.88 bits per heavy atom. The lowest BCUT2D eigenvalue weighted by molar-refractivity contribution is -0.144. The van der Waals surface area contributed by atoms with Crippen LogP contribution in [0.15, 0.2) is 53.4 Å². The number of sulfonamides is 1. The van der Waals surface area contributed by atoms with Crippen LogP contribution in [0.4, 0.5) is 4.39 Å². The van der Waals surface area contributed by atoms with E-state index in [2.05, 4.69) is 4.72 Å². The number of rotatable bonds is 7. The molecule has 0 unspecified atom stereocenters. The molecule has 0 amide bonds. The van der Waals surface area contributed by atoms with Crippen LogP contribution in [0.25, 0.3) is 0 Å². The van der Waals surface area contributed by atoms with Gasteiger partial charge in [0.1, 0.15) is 12.4 Å². The van der Waals surface area contributed by atoms with Gasteiger partial charge in [-0.1, -0.05) is 41.9 Å². The van der Waals surface area contributed by atoms with E-state index in [0.29, 0.717) is 0 Å². The molecule has 8 heteroatoms. The smallest absolute Gasteiger partial charge is 0.307 e. The standard InChI is InChI=1S/C16H15ClFNO4S/c17-14-10-13(6-7-15(14)18)24(21,22)19-9-8-16(20)23-11-12-4-2-1-3-5-12/h1-7,10,19H,8-9,11H2. The molecule has 0 heterocycles. The van der Waals surface area contributed by atoms with Crippen LogP contribution in [0.1, 0.15) is 12.0 Å². The summed E-state index contributed by atoms with van der Waals surface area (Å²) in [6.45, 7) is -0.00898. The highest BCUT2D eigenvalue weighted by Crippen LogP contribution is 2.19. The van der Waals surface area contributed by atoms with Crippen molar-refractivity contribution in [3.8, 4) is 0 Å². The van der Waals surface area contributed by atoms with Crippen LogP contribution in [-0.4, -0.2) is 20.9 Å². The van der Waals surface area contributed by atoms with Crippen LogP contribution < -0.4 is 4.72 Å². The molecular formula is C16H15ClFNO4S. The highest BCUT2D eigenvalue weighted by atomic mass is 35.5. The molecule has 0 aliphatic carbocycles. The minimum atomic E-state index is -3.87. The maximum atomic E-state index is 13.1. The molecule has 5 nitrogen and oxygen atoms in total. The summed E-state index contributed by atoms with van der Waals surface area (Å²) < 4.78 is 44.4. The Bertz CT molecular complexity index is 812. The third-order valence-corrected chi connectivity index (χ3v) is 4.81. The number of carbonyl (C=O) groups is 1. The fourth-order valence-electron chi connectivity index (χ4n) is 1.83. The van der Waals surface area contributed by atoms with Crippen molar-refractivity contribution in [2.75, 3.05) is 6.54 Å². The third-order valence-electron chi connectivity index (χ3n) is 3.07. The predicted octanol–water partition coefficient (Wildman–Crippen LogP) is 2.89. The number of halogens is 2. The Labute approximate surface area is 144 Å². The molecule has 0 saturated heterocycles. The van der Waals surface area contributed by atoms with E-state index in [4.69, 9.17) is 16.3 Å². The predicted molar refractivity (Wildman–Crippen MR) is 87.5 cm³/mol. The molecule has 2 aromatic carbocycles. The van der Waals surface area contributed by atoms with Gasteiger partial charge in [-0.2, -0.15) is 0 Å². The van der Waals surface area contributed by atoms with Crippen LogP contribution >= 0.6 is 11.6 Å². The summed E-state index contributed by atoms with van der Waals surface area (Å²) in [5.74, 6) is -1.24. The molecule has 0 aromatic heterocycles. The van der Waals surface area contributed by atoms with Gasteiger partial charge < -0.3 is 4.74 Å². The largest absolute Gasteiger partial charge is 0.461 e. The normalized spacial score (nSPS) is 11.2. The van der Waals surface area contributed by atoms with Gasteiger partial charge in [-0.05, 0) is 23.8 Å². The fraction of sp³-hybridized carbons (Fsp3) is 0.188. The van der Waals surface area contributed by atoms with Crippen LogP contribution in [0.2, 0.25) is 5.02 Å². The van der Waals surface area contributed by atoms with Gasteiger partial charge in [-0.3, -0.25) is 4.79 Å². The van der Waals surface area contributed by atoms with E-state index in [1.165, 1.54) is 0 Å². The average Bonchev–Trinajstić information content (AvgIpc) is 2.56. The third kappa shape index (κ3) is 5.30. The Hall–Kier alpha value is -1.96. The number of hydrogen-bond acceptors (Lipinski definition) is 4. The molecule has 128 valence electrons. The highest BCUT2D eigenvalue weighted by Gasteiger charge is 2.16. The molecule has 1 N–H and O–H groups in total. The molecule has 0 radical (unpaired) electrons. The maximum Gasteiger partial charge on any atom is 0.307 e. The van der Waals surface area contributed by atoms with Crippen LogP contribution in [-0.2, 0) is 26.2 Å². The van der Waals surface area contributed by atoms with Gasteiger partial charge in [0.05, 0.1) is 16.3 Å². The molecule has 24 heavy (non-hydrogen) atoms. The topological polar surface area (TPSA) is 72.5 Å². The number of esters is 1. The number of hydrogen-bond donors (Lipinski definition) is 1. The van der Waals surface area contributed by atoms with Gasteiger partial charge in [0.25, 0.3) is 0 Å². The lowest BCUT2D eigenvalue weighted by Crippen LogP contribution is -2.26. The molecular weight excluding hydrogens is 357 g/mol. The van der Waals surface area contributed by atoms with E-state index in [9.17, 15) is 17.6 Å². The lowest BCUT2D eigenvalue weighted by atomic mass is 10.2. The van der Waals surface area contributed by atoms with Gasteiger partial charge >= 0.3 is 5.97 Å². The number of benzene rings is 2. The van der Waals surface area contributed by atoms with E-state index in [0.717, 1.165) is 23.8 Å². The molecule has 0 aliphatic heterocycles. The second kappa shape index (κ2) is 8.23. The Morgan fingerprint density at radius 1 is 1.17 bits per heavy atom. The summed E-state index contributed by atoms with van der Waals surface area (Å²) in [5, 5.41) is -0.292. The van der Waals surface area contributed by atoms with E-state index in [-0.39, 0.29) is 29.5 Å². The zero-order valence-corrected chi connectivity index (χ0v) is 14.1.